The van der Waals surface area contributed by atoms with E-state index in [4.69, 9.17) is 11.6 Å². The van der Waals surface area contributed by atoms with E-state index in [-0.39, 0.29) is 33.7 Å². The second kappa shape index (κ2) is 6.65. The van der Waals surface area contributed by atoms with E-state index in [1.54, 1.807) is 11.0 Å². The number of carbonyl (C=O) groups is 1. The molecule has 0 unspecified atom stereocenters. The molecule has 2 aliphatic rings. The van der Waals surface area contributed by atoms with E-state index in [0.717, 1.165) is 0 Å². The molecule has 3 rings (SSSR count). The normalized spacial score (nSPS) is 26.8. The van der Waals surface area contributed by atoms with E-state index in [2.05, 4.69) is 4.99 Å². The zero-order valence-electron chi connectivity index (χ0n) is 12.9. The van der Waals surface area contributed by atoms with Crippen molar-refractivity contribution in [3.63, 3.8) is 0 Å². The molecule has 9 heteroatoms. The molecule has 1 aromatic carbocycles. The Bertz CT molecular complexity index is 813. The first-order chi connectivity index (χ1) is 11.3. The maximum absolute atomic E-state index is 13.8. The molecule has 0 bridgehead atoms. The third-order valence-electron chi connectivity index (χ3n) is 3.93. The standard InChI is InChI=1S/C15H16ClFN2O3S2/c1-2-3-14(20)18-15-19(9-4-5-10(16)11(17)6-9)12-7-24(21,22)8-13(12)23-15/h4-6,12-13H,2-3,7-8H2,1H3/t12-,13+/m0/s1. The van der Waals surface area contributed by atoms with Crippen molar-refractivity contribution >= 4 is 50.0 Å². The predicted octanol–water partition coefficient (Wildman–Crippen LogP) is 2.88. The molecule has 2 atom stereocenters. The van der Waals surface area contributed by atoms with E-state index >= 15 is 0 Å². The lowest BCUT2D eigenvalue weighted by Crippen LogP contribution is -2.37. The first-order valence-electron chi connectivity index (χ1n) is 7.53. The van der Waals surface area contributed by atoms with Gasteiger partial charge in [-0.05, 0) is 24.6 Å². The molecular formula is C15H16ClFN2O3S2. The zero-order valence-corrected chi connectivity index (χ0v) is 15.3. The van der Waals surface area contributed by atoms with Crippen LogP contribution in [0.15, 0.2) is 23.2 Å². The minimum absolute atomic E-state index is 0.0123. The number of hydrogen-bond donors (Lipinski definition) is 0. The van der Waals surface area contributed by atoms with Gasteiger partial charge in [-0.3, -0.25) is 4.79 Å². The Labute approximate surface area is 149 Å². The second-order valence-corrected chi connectivity index (χ2v) is 9.57. The van der Waals surface area contributed by atoms with Gasteiger partial charge in [-0.25, -0.2) is 12.8 Å². The number of amidine groups is 1. The number of thioether (sulfide) groups is 1. The number of carbonyl (C=O) groups excluding carboxylic acids is 1. The zero-order chi connectivity index (χ0) is 17.5. The van der Waals surface area contributed by atoms with Crippen LogP contribution in [0.1, 0.15) is 19.8 Å². The molecule has 0 aromatic heterocycles. The fourth-order valence-electron chi connectivity index (χ4n) is 2.88. The van der Waals surface area contributed by atoms with Gasteiger partial charge in [-0.15, -0.1) is 0 Å². The van der Waals surface area contributed by atoms with Crippen molar-refractivity contribution in [2.75, 3.05) is 16.4 Å². The van der Waals surface area contributed by atoms with Gasteiger partial charge in [0, 0.05) is 17.4 Å². The van der Waals surface area contributed by atoms with Crippen molar-refractivity contribution in [2.24, 2.45) is 4.99 Å². The molecule has 0 spiro atoms. The minimum atomic E-state index is -3.15. The monoisotopic (exact) mass is 390 g/mol. The van der Waals surface area contributed by atoms with E-state index in [9.17, 15) is 17.6 Å². The Morgan fingerprint density at radius 2 is 2.21 bits per heavy atom. The maximum atomic E-state index is 13.8. The number of aliphatic imine (C=N–C) groups is 1. The first-order valence-corrected chi connectivity index (χ1v) is 10.6. The predicted molar refractivity (Wildman–Crippen MR) is 95.1 cm³/mol. The van der Waals surface area contributed by atoms with Crippen LogP contribution >= 0.6 is 23.4 Å². The number of nitrogens with zero attached hydrogens (tertiary/aromatic N) is 2. The summed E-state index contributed by atoms with van der Waals surface area (Å²) >= 11 is 7.00. The molecule has 2 aliphatic heterocycles. The molecule has 24 heavy (non-hydrogen) atoms. The van der Waals surface area contributed by atoms with E-state index in [1.807, 2.05) is 6.92 Å². The van der Waals surface area contributed by atoms with Gasteiger partial charge < -0.3 is 4.90 Å². The van der Waals surface area contributed by atoms with Crippen LogP contribution in [0, 0.1) is 5.82 Å². The number of rotatable bonds is 3. The summed E-state index contributed by atoms with van der Waals surface area (Å²) in [6.07, 6.45) is 0.998. The van der Waals surface area contributed by atoms with Gasteiger partial charge >= 0.3 is 0 Å². The molecule has 1 aromatic rings. The number of benzene rings is 1. The lowest BCUT2D eigenvalue weighted by atomic mass is 10.2. The van der Waals surface area contributed by atoms with Gasteiger partial charge in [0.25, 0.3) is 0 Å². The van der Waals surface area contributed by atoms with Crippen molar-refractivity contribution < 1.29 is 17.6 Å². The van der Waals surface area contributed by atoms with Crippen molar-refractivity contribution in [2.45, 2.75) is 31.1 Å². The van der Waals surface area contributed by atoms with Crippen LogP contribution in [0.25, 0.3) is 0 Å². The SMILES string of the molecule is CCCC(=O)N=C1S[C@@H]2CS(=O)(=O)C[C@@H]2N1c1ccc(Cl)c(F)c1. The summed E-state index contributed by atoms with van der Waals surface area (Å²) in [7, 11) is -3.15. The summed E-state index contributed by atoms with van der Waals surface area (Å²) in [6.45, 7) is 1.88. The van der Waals surface area contributed by atoms with Crippen molar-refractivity contribution in [1.82, 2.24) is 0 Å². The Balaban J connectivity index is 2.01. The number of anilines is 1. The Kier molecular flexibility index (Phi) is 4.90. The first kappa shape index (κ1) is 17.7. The molecule has 2 heterocycles. The van der Waals surface area contributed by atoms with Gasteiger partial charge in [0.05, 0.1) is 22.6 Å². The Hall–Kier alpha value is -1.12. The summed E-state index contributed by atoms with van der Waals surface area (Å²) < 4.78 is 37.7. The summed E-state index contributed by atoms with van der Waals surface area (Å²) in [6, 6.07) is 3.92. The molecular weight excluding hydrogens is 375 g/mol. The van der Waals surface area contributed by atoms with E-state index in [0.29, 0.717) is 23.7 Å². The van der Waals surface area contributed by atoms with Crippen LogP contribution in [0.5, 0.6) is 0 Å². The second-order valence-electron chi connectivity index (χ2n) is 5.81. The molecule has 5 nitrogen and oxygen atoms in total. The Morgan fingerprint density at radius 1 is 1.46 bits per heavy atom. The largest absolute Gasteiger partial charge is 0.315 e. The lowest BCUT2D eigenvalue weighted by molar-refractivity contribution is -0.117. The summed E-state index contributed by atoms with van der Waals surface area (Å²) in [5, 5.41) is 0.212. The van der Waals surface area contributed by atoms with Gasteiger partial charge in [0.1, 0.15) is 5.82 Å². The highest BCUT2D eigenvalue weighted by atomic mass is 35.5. The smallest absolute Gasteiger partial charge is 0.248 e. The summed E-state index contributed by atoms with van der Waals surface area (Å²) in [5.74, 6) is -0.851. The molecule has 2 fully saturated rings. The highest BCUT2D eigenvalue weighted by Crippen LogP contribution is 2.41. The maximum Gasteiger partial charge on any atom is 0.248 e. The van der Waals surface area contributed by atoms with Crippen molar-refractivity contribution in [1.29, 1.82) is 0 Å². The topological polar surface area (TPSA) is 66.8 Å². The van der Waals surface area contributed by atoms with Crippen LogP contribution in [-0.4, -0.2) is 42.3 Å². The van der Waals surface area contributed by atoms with Crippen molar-refractivity contribution in [3.8, 4) is 0 Å². The lowest BCUT2D eigenvalue weighted by Gasteiger charge is -2.24. The number of halogens is 2. The quantitative estimate of drug-likeness (QED) is 0.793. The molecule has 2 saturated heterocycles. The van der Waals surface area contributed by atoms with Gasteiger partial charge in [-0.1, -0.05) is 30.3 Å². The molecule has 1 amide bonds. The van der Waals surface area contributed by atoms with Crippen molar-refractivity contribution in [3.05, 3.63) is 29.0 Å². The van der Waals surface area contributed by atoms with Gasteiger partial charge in [-0.2, -0.15) is 4.99 Å². The third kappa shape index (κ3) is 3.45. The number of hydrogen-bond acceptors (Lipinski definition) is 4. The van der Waals surface area contributed by atoms with Crippen LogP contribution in [0.4, 0.5) is 10.1 Å². The highest BCUT2D eigenvalue weighted by Gasteiger charge is 2.49. The van der Waals surface area contributed by atoms with Crippen LogP contribution in [-0.2, 0) is 14.6 Å². The van der Waals surface area contributed by atoms with E-state index < -0.39 is 15.7 Å². The molecule has 0 N–H and O–H groups in total. The van der Waals surface area contributed by atoms with Crippen LogP contribution in [0.3, 0.4) is 0 Å². The Morgan fingerprint density at radius 3 is 2.88 bits per heavy atom. The van der Waals surface area contributed by atoms with Gasteiger partial charge in [0.2, 0.25) is 5.91 Å². The fourth-order valence-corrected chi connectivity index (χ4v) is 6.93. The average Bonchev–Trinajstić information content (AvgIpc) is 2.93. The number of sulfone groups is 1. The number of amides is 1. The van der Waals surface area contributed by atoms with Crippen LogP contribution < -0.4 is 4.90 Å². The minimum Gasteiger partial charge on any atom is -0.315 e. The fraction of sp³-hybridized carbons (Fsp3) is 0.467. The van der Waals surface area contributed by atoms with Gasteiger partial charge in [0.15, 0.2) is 15.0 Å². The third-order valence-corrected chi connectivity index (χ3v) is 7.45. The molecule has 0 aliphatic carbocycles. The molecule has 130 valence electrons. The van der Waals surface area contributed by atoms with Crippen LogP contribution in [0.2, 0.25) is 5.02 Å². The highest BCUT2D eigenvalue weighted by molar-refractivity contribution is 8.16. The number of fused-ring (bicyclic) bond motifs is 1. The average molecular weight is 391 g/mol. The summed E-state index contributed by atoms with van der Waals surface area (Å²) in [5.41, 5.74) is 0.456. The molecule has 0 saturated carbocycles. The summed E-state index contributed by atoms with van der Waals surface area (Å²) in [4.78, 5) is 17.7. The van der Waals surface area contributed by atoms with E-state index in [1.165, 1.54) is 23.9 Å². The molecule has 0 radical (unpaired) electrons.